The van der Waals surface area contributed by atoms with E-state index >= 15 is 0 Å². The molecule has 0 radical (unpaired) electrons. The number of halogens is 3. The highest BCUT2D eigenvalue weighted by Crippen LogP contribution is 2.41. The Morgan fingerprint density at radius 3 is 2.37 bits per heavy atom. The van der Waals surface area contributed by atoms with E-state index in [-0.39, 0.29) is 11.5 Å². The number of rotatable bonds is 3. The summed E-state index contributed by atoms with van der Waals surface area (Å²) in [5, 5.41) is 0. The van der Waals surface area contributed by atoms with E-state index in [0.717, 1.165) is 28.3 Å². The van der Waals surface area contributed by atoms with Crippen LogP contribution in [0.15, 0.2) is 72.1 Å². The minimum absolute atomic E-state index is 0.0328. The van der Waals surface area contributed by atoms with Gasteiger partial charge in [-0.25, -0.2) is 4.99 Å². The summed E-state index contributed by atoms with van der Waals surface area (Å²) in [6, 6.07) is 12.7. The van der Waals surface area contributed by atoms with Crippen molar-refractivity contribution in [3.8, 4) is 11.1 Å². The molecule has 0 spiro atoms. The number of hydrogen-bond donors (Lipinski definition) is 1. The van der Waals surface area contributed by atoms with Gasteiger partial charge in [0.1, 0.15) is 5.69 Å². The van der Waals surface area contributed by atoms with Crippen LogP contribution in [0.3, 0.4) is 0 Å². The number of pyridine rings is 2. The van der Waals surface area contributed by atoms with Gasteiger partial charge in [0.25, 0.3) is 5.91 Å². The second-order valence-corrected chi connectivity index (χ2v) is 6.79. The summed E-state index contributed by atoms with van der Waals surface area (Å²) in [5.41, 5.74) is 4.98. The zero-order chi connectivity index (χ0) is 21.5. The Balaban J connectivity index is 1.95. The Morgan fingerprint density at radius 2 is 1.73 bits per heavy atom. The Bertz CT molecular complexity index is 1150. The maximum Gasteiger partial charge on any atom is 0.433 e. The SMILES string of the molecule is CN1C(=O)C(c2cccc(-c3cccnc3)c2)(c2ccnc(C(F)(F)F)c2)N=C1N. The number of benzene rings is 1. The molecule has 3 heterocycles. The van der Waals surface area contributed by atoms with E-state index in [1.807, 2.05) is 12.1 Å². The number of amides is 1. The molecule has 1 amide bonds. The minimum Gasteiger partial charge on any atom is -0.369 e. The molecule has 30 heavy (non-hydrogen) atoms. The van der Waals surface area contributed by atoms with Gasteiger partial charge in [0.15, 0.2) is 11.5 Å². The first-order valence-electron chi connectivity index (χ1n) is 8.91. The molecular weight excluding hydrogens is 395 g/mol. The molecule has 1 aromatic carbocycles. The molecule has 2 aromatic heterocycles. The molecule has 4 rings (SSSR count). The summed E-state index contributed by atoms with van der Waals surface area (Å²) in [5.74, 6) is -0.639. The average molecular weight is 411 g/mol. The largest absolute Gasteiger partial charge is 0.433 e. The van der Waals surface area contributed by atoms with Crippen LogP contribution in [0.2, 0.25) is 0 Å². The van der Waals surface area contributed by atoms with Crippen molar-refractivity contribution in [1.82, 2.24) is 14.9 Å². The van der Waals surface area contributed by atoms with Gasteiger partial charge >= 0.3 is 6.18 Å². The molecule has 1 unspecified atom stereocenters. The van der Waals surface area contributed by atoms with Crippen molar-refractivity contribution >= 4 is 11.9 Å². The molecule has 152 valence electrons. The van der Waals surface area contributed by atoms with Crippen molar-refractivity contribution in [2.24, 2.45) is 10.7 Å². The van der Waals surface area contributed by atoms with E-state index in [1.54, 1.807) is 36.7 Å². The summed E-state index contributed by atoms with van der Waals surface area (Å²) in [7, 11) is 1.43. The number of alkyl halides is 3. The zero-order valence-electron chi connectivity index (χ0n) is 15.8. The van der Waals surface area contributed by atoms with Gasteiger partial charge in [-0.05, 0) is 46.5 Å². The highest BCUT2D eigenvalue weighted by molar-refractivity contribution is 6.09. The van der Waals surface area contributed by atoms with E-state index < -0.39 is 23.3 Å². The maximum atomic E-state index is 13.3. The first kappa shape index (κ1) is 19.6. The number of likely N-dealkylation sites (N-methyl/N-ethyl adjacent to an activating group) is 1. The third kappa shape index (κ3) is 3.08. The lowest BCUT2D eigenvalue weighted by atomic mass is 9.82. The number of carbonyl (C=O) groups excluding carboxylic acids is 1. The van der Waals surface area contributed by atoms with E-state index in [0.29, 0.717) is 5.56 Å². The predicted molar refractivity (Wildman–Crippen MR) is 104 cm³/mol. The molecule has 2 N–H and O–H groups in total. The summed E-state index contributed by atoms with van der Waals surface area (Å²) in [6.07, 6.45) is -0.370. The summed E-state index contributed by atoms with van der Waals surface area (Å²) >= 11 is 0. The summed E-state index contributed by atoms with van der Waals surface area (Å²) < 4.78 is 39.9. The number of aliphatic imine (C=N–C) groups is 1. The fraction of sp³-hybridized carbons (Fsp3) is 0.143. The van der Waals surface area contributed by atoms with Crippen LogP contribution in [0.4, 0.5) is 13.2 Å². The minimum atomic E-state index is -4.67. The van der Waals surface area contributed by atoms with Gasteiger partial charge in [-0.1, -0.05) is 24.3 Å². The molecule has 3 aromatic rings. The van der Waals surface area contributed by atoms with E-state index in [2.05, 4.69) is 15.0 Å². The van der Waals surface area contributed by atoms with Crippen molar-refractivity contribution in [1.29, 1.82) is 0 Å². The van der Waals surface area contributed by atoms with Gasteiger partial charge in [0.2, 0.25) is 0 Å². The first-order valence-corrected chi connectivity index (χ1v) is 8.91. The van der Waals surface area contributed by atoms with Crippen LogP contribution >= 0.6 is 0 Å². The molecule has 0 saturated carbocycles. The highest BCUT2D eigenvalue weighted by Gasteiger charge is 2.50. The van der Waals surface area contributed by atoms with Crippen molar-refractivity contribution in [2.45, 2.75) is 11.7 Å². The molecular formula is C21H16F3N5O. The van der Waals surface area contributed by atoms with Gasteiger partial charge in [0, 0.05) is 25.6 Å². The maximum absolute atomic E-state index is 13.3. The van der Waals surface area contributed by atoms with Gasteiger partial charge in [-0.2, -0.15) is 13.2 Å². The number of hydrogen-bond acceptors (Lipinski definition) is 5. The van der Waals surface area contributed by atoms with Gasteiger partial charge in [-0.15, -0.1) is 0 Å². The van der Waals surface area contributed by atoms with Crippen molar-refractivity contribution < 1.29 is 18.0 Å². The third-order valence-corrected chi connectivity index (χ3v) is 4.98. The number of aromatic nitrogens is 2. The molecule has 1 atom stereocenters. The third-order valence-electron chi connectivity index (χ3n) is 4.98. The molecule has 0 saturated heterocycles. The lowest BCUT2D eigenvalue weighted by molar-refractivity contribution is -0.141. The molecule has 1 aliphatic heterocycles. The van der Waals surface area contributed by atoms with Crippen molar-refractivity contribution in [2.75, 3.05) is 7.05 Å². The van der Waals surface area contributed by atoms with Crippen LogP contribution in [-0.4, -0.2) is 33.8 Å². The summed E-state index contributed by atoms with van der Waals surface area (Å²) in [6.45, 7) is 0. The average Bonchev–Trinajstić information content (AvgIpc) is 2.99. The molecule has 1 aliphatic rings. The zero-order valence-corrected chi connectivity index (χ0v) is 15.8. The smallest absolute Gasteiger partial charge is 0.369 e. The number of carbonyl (C=O) groups is 1. The Morgan fingerprint density at radius 1 is 1.00 bits per heavy atom. The molecule has 9 heteroatoms. The Hall–Kier alpha value is -3.75. The quantitative estimate of drug-likeness (QED) is 0.717. The fourth-order valence-corrected chi connectivity index (χ4v) is 3.45. The second kappa shape index (κ2) is 6.94. The topological polar surface area (TPSA) is 84.5 Å². The van der Waals surface area contributed by atoms with Gasteiger partial charge in [0.05, 0.1) is 0 Å². The van der Waals surface area contributed by atoms with Gasteiger partial charge in [-0.3, -0.25) is 19.7 Å². The Kier molecular flexibility index (Phi) is 4.53. The standard InChI is InChI=1S/C21H16F3N5O/c1-29-18(30)20(28-19(29)25,16-7-9-27-17(11-16)21(22,23)24)15-6-2-4-13(10-15)14-5-3-8-26-12-14/h2-12H,1H3,(H2,25,28). The van der Waals surface area contributed by atoms with Crippen molar-refractivity contribution in [3.63, 3.8) is 0 Å². The van der Waals surface area contributed by atoms with Crippen molar-refractivity contribution in [3.05, 3.63) is 83.9 Å². The van der Waals surface area contributed by atoms with Crippen LogP contribution in [0.25, 0.3) is 11.1 Å². The van der Waals surface area contributed by atoms with Crippen LogP contribution in [0, 0.1) is 0 Å². The molecule has 0 fully saturated rings. The molecule has 6 nitrogen and oxygen atoms in total. The van der Waals surface area contributed by atoms with Gasteiger partial charge < -0.3 is 5.73 Å². The van der Waals surface area contributed by atoms with Crippen LogP contribution in [0.5, 0.6) is 0 Å². The lowest BCUT2D eigenvalue weighted by Crippen LogP contribution is -2.41. The lowest BCUT2D eigenvalue weighted by Gasteiger charge is -2.27. The van der Waals surface area contributed by atoms with Crippen LogP contribution in [0.1, 0.15) is 16.8 Å². The molecule has 0 bridgehead atoms. The van der Waals surface area contributed by atoms with Crippen LogP contribution < -0.4 is 5.73 Å². The number of nitrogens with two attached hydrogens (primary N) is 1. The van der Waals surface area contributed by atoms with Crippen LogP contribution in [-0.2, 0) is 16.5 Å². The Labute approximate surface area is 169 Å². The summed E-state index contributed by atoms with van der Waals surface area (Å²) in [4.78, 5) is 26.2. The first-order chi connectivity index (χ1) is 14.2. The number of nitrogens with zero attached hydrogens (tertiary/aromatic N) is 4. The predicted octanol–water partition coefficient (Wildman–Crippen LogP) is 3.19. The van der Waals surface area contributed by atoms with E-state index in [1.165, 1.54) is 13.1 Å². The fourth-order valence-electron chi connectivity index (χ4n) is 3.45. The van der Waals surface area contributed by atoms with E-state index in [4.69, 9.17) is 5.73 Å². The van der Waals surface area contributed by atoms with E-state index in [9.17, 15) is 18.0 Å². The second-order valence-electron chi connectivity index (χ2n) is 6.79. The highest BCUT2D eigenvalue weighted by atomic mass is 19.4. The molecule has 0 aliphatic carbocycles. The number of guanidine groups is 1. The normalized spacial score (nSPS) is 19.1. The monoisotopic (exact) mass is 411 g/mol.